The zero-order valence-electron chi connectivity index (χ0n) is 13.0. The van der Waals surface area contributed by atoms with Crippen LogP contribution in [-0.2, 0) is 6.54 Å². The van der Waals surface area contributed by atoms with Gasteiger partial charge in [-0.25, -0.2) is 0 Å². The molecule has 1 aromatic rings. The number of hydrogen-bond acceptors (Lipinski definition) is 3. The molecule has 3 heteroatoms. The molecule has 1 saturated heterocycles. The van der Waals surface area contributed by atoms with Crippen molar-refractivity contribution in [2.24, 2.45) is 5.41 Å². The zero-order valence-corrected chi connectivity index (χ0v) is 13.0. The van der Waals surface area contributed by atoms with Gasteiger partial charge in [0.2, 0.25) is 0 Å². The van der Waals surface area contributed by atoms with Gasteiger partial charge in [-0.15, -0.1) is 0 Å². The van der Waals surface area contributed by atoms with Crippen molar-refractivity contribution in [3.8, 4) is 0 Å². The van der Waals surface area contributed by atoms with E-state index in [2.05, 4.69) is 61.3 Å². The summed E-state index contributed by atoms with van der Waals surface area (Å²) in [6.45, 7) is 10.2. The Bertz CT molecular complexity index is 399. The molecule has 1 aliphatic heterocycles. The molecule has 2 N–H and O–H groups in total. The van der Waals surface area contributed by atoms with Gasteiger partial charge in [-0.05, 0) is 17.4 Å². The third-order valence-corrected chi connectivity index (χ3v) is 3.80. The largest absolute Gasteiger partial charge is 0.390 e. The van der Waals surface area contributed by atoms with E-state index in [0.29, 0.717) is 18.0 Å². The van der Waals surface area contributed by atoms with Crippen molar-refractivity contribution >= 4 is 0 Å². The number of hydrogen-bond donors (Lipinski definition) is 2. The fourth-order valence-corrected chi connectivity index (χ4v) is 2.95. The van der Waals surface area contributed by atoms with Crippen molar-refractivity contribution in [2.45, 2.75) is 45.9 Å². The maximum Gasteiger partial charge on any atom is 0.0791 e. The van der Waals surface area contributed by atoms with Gasteiger partial charge in [0.1, 0.15) is 0 Å². The van der Waals surface area contributed by atoms with Crippen LogP contribution < -0.4 is 5.32 Å². The summed E-state index contributed by atoms with van der Waals surface area (Å²) in [4.78, 5) is 2.44. The van der Waals surface area contributed by atoms with E-state index in [-0.39, 0.29) is 6.10 Å². The summed E-state index contributed by atoms with van der Waals surface area (Å²) in [5.74, 6) is 0. The lowest BCUT2D eigenvalue weighted by Crippen LogP contribution is -2.42. The number of nitrogens with zero attached hydrogens (tertiary/aromatic N) is 1. The molecule has 0 amide bonds. The smallest absolute Gasteiger partial charge is 0.0791 e. The van der Waals surface area contributed by atoms with Crippen LogP contribution in [0.3, 0.4) is 0 Å². The second kappa shape index (κ2) is 6.70. The third-order valence-electron chi connectivity index (χ3n) is 3.80. The number of benzene rings is 1. The van der Waals surface area contributed by atoms with Gasteiger partial charge in [-0.2, -0.15) is 0 Å². The van der Waals surface area contributed by atoms with Crippen molar-refractivity contribution in [3.05, 3.63) is 35.9 Å². The molecular formula is C17H28N2O. The fourth-order valence-electron chi connectivity index (χ4n) is 2.95. The van der Waals surface area contributed by atoms with Crippen LogP contribution in [0.4, 0.5) is 0 Å². The van der Waals surface area contributed by atoms with Crippen molar-refractivity contribution < 1.29 is 5.11 Å². The topological polar surface area (TPSA) is 35.5 Å². The summed E-state index contributed by atoms with van der Waals surface area (Å²) in [7, 11) is 0. The Balaban J connectivity index is 2.09. The van der Waals surface area contributed by atoms with Crippen molar-refractivity contribution in [2.75, 3.05) is 19.6 Å². The van der Waals surface area contributed by atoms with Crippen molar-refractivity contribution in [3.63, 3.8) is 0 Å². The van der Waals surface area contributed by atoms with Gasteiger partial charge in [-0.3, -0.25) is 4.90 Å². The molecule has 20 heavy (non-hydrogen) atoms. The molecule has 0 aromatic heterocycles. The highest BCUT2D eigenvalue weighted by molar-refractivity contribution is 5.14. The minimum Gasteiger partial charge on any atom is -0.390 e. The van der Waals surface area contributed by atoms with Gasteiger partial charge in [0.05, 0.1) is 6.10 Å². The van der Waals surface area contributed by atoms with E-state index >= 15 is 0 Å². The first kappa shape index (κ1) is 15.5. The minimum absolute atomic E-state index is 0.274. The summed E-state index contributed by atoms with van der Waals surface area (Å²) < 4.78 is 0. The molecule has 2 atom stereocenters. The Morgan fingerprint density at radius 3 is 2.55 bits per heavy atom. The van der Waals surface area contributed by atoms with Crippen LogP contribution in [0.15, 0.2) is 30.3 Å². The van der Waals surface area contributed by atoms with Gasteiger partial charge in [0, 0.05) is 32.2 Å². The van der Waals surface area contributed by atoms with Crippen molar-refractivity contribution in [1.82, 2.24) is 10.2 Å². The molecule has 1 aliphatic rings. The maximum atomic E-state index is 10.0. The zero-order chi connectivity index (χ0) is 14.6. The minimum atomic E-state index is -0.274. The molecule has 1 aromatic carbocycles. The second-order valence-electron chi connectivity index (χ2n) is 7.15. The molecule has 0 spiro atoms. The van der Waals surface area contributed by atoms with E-state index in [9.17, 15) is 5.11 Å². The predicted molar refractivity (Wildman–Crippen MR) is 83.6 cm³/mol. The van der Waals surface area contributed by atoms with Crippen molar-refractivity contribution in [1.29, 1.82) is 0 Å². The second-order valence-corrected chi connectivity index (χ2v) is 7.15. The van der Waals surface area contributed by atoms with E-state index < -0.39 is 0 Å². The Labute approximate surface area is 123 Å². The Hall–Kier alpha value is -0.900. The normalized spacial score (nSPS) is 25.4. The van der Waals surface area contributed by atoms with Gasteiger partial charge >= 0.3 is 0 Å². The van der Waals surface area contributed by atoms with Crippen LogP contribution >= 0.6 is 0 Å². The summed E-state index contributed by atoms with van der Waals surface area (Å²) in [5, 5.41) is 13.4. The Kier molecular flexibility index (Phi) is 5.19. The molecule has 112 valence electrons. The monoisotopic (exact) mass is 276 g/mol. The molecule has 0 saturated carbocycles. The predicted octanol–water partition coefficient (Wildman–Crippen LogP) is 2.26. The molecule has 0 aliphatic carbocycles. The van der Waals surface area contributed by atoms with E-state index in [4.69, 9.17) is 0 Å². The lowest BCUT2D eigenvalue weighted by molar-refractivity contribution is 0.0898. The summed E-state index contributed by atoms with van der Waals surface area (Å²) in [5.41, 5.74) is 1.62. The average molecular weight is 276 g/mol. The van der Waals surface area contributed by atoms with Crippen LogP contribution in [0.5, 0.6) is 0 Å². The number of rotatable bonds is 3. The molecule has 0 bridgehead atoms. The first-order valence-corrected chi connectivity index (χ1v) is 7.61. The first-order valence-electron chi connectivity index (χ1n) is 7.61. The van der Waals surface area contributed by atoms with Gasteiger partial charge in [0.15, 0.2) is 0 Å². The van der Waals surface area contributed by atoms with Gasteiger partial charge in [0.25, 0.3) is 0 Å². The summed E-state index contributed by atoms with van der Waals surface area (Å²) in [6.07, 6.45) is 0.864. The lowest BCUT2D eigenvalue weighted by atomic mass is 9.87. The van der Waals surface area contributed by atoms with Crippen LogP contribution in [0.25, 0.3) is 0 Å². The Morgan fingerprint density at radius 1 is 1.20 bits per heavy atom. The fraction of sp³-hybridized carbons (Fsp3) is 0.647. The van der Waals surface area contributed by atoms with Gasteiger partial charge in [-0.1, -0.05) is 51.1 Å². The quantitative estimate of drug-likeness (QED) is 0.889. The number of β-amino-alcohol motifs (C(OH)–C–C–N with tert-alkyl or cyclic N) is 1. The SMILES string of the molecule is CC(C)(C)C[C@H]1CNC[C@@H](O)CN1Cc1ccccc1. The van der Waals surface area contributed by atoms with E-state index in [1.165, 1.54) is 5.56 Å². The van der Waals surface area contributed by atoms with E-state index in [0.717, 1.165) is 26.1 Å². The molecule has 2 rings (SSSR count). The highest BCUT2D eigenvalue weighted by Crippen LogP contribution is 2.25. The van der Waals surface area contributed by atoms with Crippen LogP contribution in [0, 0.1) is 5.41 Å². The number of aliphatic hydroxyl groups is 1. The molecule has 3 nitrogen and oxygen atoms in total. The van der Waals surface area contributed by atoms with E-state index in [1.54, 1.807) is 0 Å². The van der Waals surface area contributed by atoms with Crippen LogP contribution in [0.2, 0.25) is 0 Å². The van der Waals surface area contributed by atoms with Crippen LogP contribution in [-0.4, -0.2) is 41.8 Å². The standard InChI is InChI=1S/C17H28N2O/c1-17(2,3)9-15-10-18-11-16(20)13-19(15)12-14-7-5-4-6-8-14/h4-8,15-16,18,20H,9-13H2,1-3H3/t15-,16+/m0/s1. The van der Waals surface area contributed by atoms with Crippen LogP contribution in [0.1, 0.15) is 32.8 Å². The molecule has 1 fully saturated rings. The maximum absolute atomic E-state index is 10.0. The van der Waals surface area contributed by atoms with E-state index in [1.807, 2.05) is 0 Å². The first-order chi connectivity index (χ1) is 9.44. The summed E-state index contributed by atoms with van der Waals surface area (Å²) in [6, 6.07) is 11.0. The molecule has 1 heterocycles. The Morgan fingerprint density at radius 2 is 1.90 bits per heavy atom. The molecule has 0 radical (unpaired) electrons. The lowest BCUT2D eigenvalue weighted by Gasteiger charge is -2.34. The van der Waals surface area contributed by atoms with Gasteiger partial charge < -0.3 is 10.4 Å². The summed E-state index contributed by atoms with van der Waals surface area (Å²) >= 11 is 0. The highest BCUT2D eigenvalue weighted by atomic mass is 16.3. The molecular weight excluding hydrogens is 248 g/mol. The highest BCUT2D eigenvalue weighted by Gasteiger charge is 2.28. The third kappa shape index (κ3) is 4.89. The number of aliphatic hydroxyl groups excluding tert-OH is 1. The molecule has 0 unspecified atom stereocenters. The average Bonchev–Trinajstić information content (AvgIpc) is 2.51. The number of nitrogens with one attached hydrogen (secondary N) is 1.